The van der Waals surface area contributed by atoms with Crippen molar-refractivity contribution in [3.63, 3.8) is 0 Å². The first-order valence-corrected chi connectivity index (χ1v) is 14.5. The third-order valence-electron chi connectivity index (χ3n) is 7.70. The average molecular weight is 609 g/mol. The standard InChI is InChI=1S/C31H36N4O9/c1-30(2,3)43-28(38)34-27-25-24(41-31(4,5)42-25)23(35(44-27)29(39)40-17-19-14-10-7-11-15-19)22-21(26(37)33(22)34)32-20(36)16-18-12-8-6-9-13-18/h6-15,21-25,27H,16-17H2,1-5H3,(H,32,36)/t21-,22-,23+,24-,25+,27+/m0/s1. The van der Waals surface area contributed by atoms with E-state index in [1.165, 1.54) is 5.01 Å². The minimum Gasteiger partial charge on any atom is -0.443 e. The van der Waals surface area contributed by atoms with Gasteiger partial charge in [0, 0.05) is 0 Å². The number of ether oxygens (including phenoxy) is 4. The molecule has 4 amide bonds. The molecule has 5 fully saturated rings. The quantitative estimate of drug-likeness (QED) is 0.508. The summed E-state index contributed by atoms with van der Waals surface area (Å²) in [5, 5.41) is 6.03. The molecule has 234 valence electrons. The van der Waals surface area contributed by atoms with Crippen LogP contribution in [0.2, 0.25) is 0 Å². The van der Waals surface area contributed by atoms with Crippen LogP contribution in [0.15, 0.2) is 60.7 Å². The van der Waals surface area contributed by atoms with Crippen LogP contribution in [0.4, 0.5) is 9.59 Å². The highest BCUT2D eigenvalue weighted by Gasteiger charge is 2.72. The van der Waals surface area contributed by atoms with Gasteiger partial charge in [0.25, 0.3) is 5.91 Å². The Morgan fingerprint density at radius 3 is 2.14 bits per heavy atom. The van der Waals surface area contributed by atoms with Crippen molar-refractivity contribution in [2.75, 3.05) is 0 Å². The van der Waals surface area contributed by atoms with Gasteiger partial charge in [-0.25, -0.2) is 19.4 Å². The molecule has 0 spiro atoms. The van der Waals surface area contributed by atoms with E-state index >= 15 is 0 Å². The van der Waals surface area contributed by atoms with Crippen LogP contribution in [-0.4, -0.2) is 87.0 Å². The Morgan fingerprint density at radius 1 is 0.886 bits per heavy atom. The number of hydroxylamine groups is 2. The van der Waals surface area contributed by atoms with Gasteiger partial charge in [-0.15, -0.1) is 0 Å². The number of nitrogens with zero attached hydrogens (tertiary/aromatic N) is 3. The fraction of sp³-hybridized carbons (Fsp3) is 0.484. The average Bonchev–Trinajstić information content (AvgIpc) is 3.18. The summed E-state index contributed by atoms with van der Waals surface area (Å²) in [7, 11) is 0. The molecule has 2 aromatic rings. The Hall–Kier alpha value is -4.20. The number of benzene rings is 2. The molecule has 0 unspecified atom stereocenters. The smallest absolute Gasteiger partial charge is 0.434 e. The Kier molecular flexibility index (Phi) is 7.50. The van der Waals surface area contributed by atoms with Crippen molar-refractivity contribution in [3.8, 4) is 0 Å². The fourth-order valence-electron chi connectivity index (χ4n) is 6.01. The van der Waals surface area contributed by atoms with Crippen molar-refractivity contribution < 1.29 is 43.0 Å². The minimum atomic E-state index is -1.33. The summed E-state index contributed by atoms with van der Waals surface area (Å²) < 4.78 is 23.8. The largest absolute Gasteiger partial charge is 0.443 e. The third-order valence-corrected chi connectivity index (χ3v) is 7.70. The predicted molar refractivity (Wildman–Crippen MR) is 152 cm³/mol. The van der Waals surface area contributed by atoms with E-state index in [-0.39, 0.29) is 13.0 Å². The number of carbonyl (C=O) groups excluding carboxylic acids is 4. The molecule has 6 atom stereocenters. The Labute approximate surface area is 254 Å². The van der Waals surface area contributed by atoms with E-state index < -0.39 is 72.0 Å². The van der Waals surface area contributed by atoms with Crippen LogP contribution in [0, 0.1) is 0 Å². The summed E-state index contributed by atoms with van der Waals surface area (Å²) in [6.07, 6.45) is -4.79. The first-order valence-electron chi connectivity index (χ1n) is 14.5. The molecule has 5 heterocycles. The number of hydrogen-bond acceptors (Lipinski definition) is 9. The zero-order valence-electron chi connectivity index (χ0n) is 25.2. The van der Waals surface area contributed by atoms with Gasteiger partial charge < -0.3 is 24.3 Å². The van der Waals surface area contributed by atoms with Crippen molar-refractivity contribution in [2.24, 2.45) is 0 Å². The molecular weight excluding hydrogens is 572 g/mol. The van der Waals surface area contributed by atoms with Crippen LogP contribution in [0.25, 0.3) is 0 Å². The maximum Gasteiger partial charge on any atom is 0.434 e. The Bertz CT molecular complexity index is 1430. The number of rotatable bonds is 5. The van der Waals surface area contributed by atoms with E-state index in [0.29, 0.717) is 0 Å². The molecule has 2 aromatic carbocycles. The number of amides is 4. The maximum atomic E-state index is 13.8. The number of hydrazine groups is 1. The van der Waals surface area contributed by atoms with Gasteiger partial charge in [0.05, 0.1) is 6.42 Å². The number of fused-ring (bicyclic) bond motifs is 1. The number of nitrogens with one attached hydrogen (secondary N) is 1. The summed E-state index contributed by atoms with van der Waals surface area (Å²) in [6.45, 7) is 8.44. The topological polar surface area (TPSA) is 136 Å². The van der Waals surface area contributed by atoms with Crippen LogP contribution >= 0.6 is 0 Å². The van der Waals surface area contributed by atoms with E-state index in [4.69, 9.17) is 23.8 Å². The number of hydrogen-bond donors (Lipinski definition) is 1. The summed E-state index contributed by atoms with van der Waals surface area (Å²) >= 11 is 0. The van der Waals surface area contributed by atoms with Crippen molar-refractivity contribution in [1.82, 2.24) is 20.4 Å². The second-order valence-electron chi connectivity index (χ2n) is 12.6. The van der Waals surface area contributed by atoms with Crippen molar-refractivity contribution in [2.45, 2.75) is 95.6 Å². The molecule has 1 N–H and O–H groups in total. The molecule has 5 saturated heterocycles. The molecule has 13 heteroatoms. The zero-order valence-corrected chi connectivity index (χ0v) is 25.2. The Balaban J connectivity index is 1.35. The third kappa shape index (κ3) is 5.58. The summed E-state index contributed by atoms with van der Waals surface area (Å²) in [5.74, 6) is -2.09. The van der Waals surface area contributed by atoms with Gasteiger partial charge in [-0.1, -0.05) is 60.7 Å². The lowest BCUT2D eigenvalue weighted by atomic mass is 9.85. The van der Waals surface area contributed by atoms with Crippen LogP contribution in [0.3, 0.4) is 0 Å². The van der Waals surface area contributed by atoms with Crippen molar-refractivity contribution in [3.05, 3.63) is 71.8 Å². The van der Waals surface area contributed by atoms with Crippen LogP contribution in [-0.2, 0) is 46.4 Å². The molecule has 44 heavy (non-hydrogen) atoms. The van der Waals surface area contributed by atoms with Crippen LogP contribution in [0.1, 0.15) is 45.7 Å². The minimum absolute atomic E-state index is 0.0262. The van der Waals surface area contributed by atoms with Gasteiger partial charge >= 0.3 is 12.2 Å². The van der Waals surface area contributed by atoms with Gasteiger partial charge in [-0.3, -0.25) is 9.59 Å². The van der Waals surface area contributed by atoms with Gasteiger partial charge in [0.1, 0.15) is 42.5 Å². The molecular formula is C31H36N4O9. The van der Waals surface area contributed by atoms with Crippen molar-refractivity contribution in [1.29, 1.82) is 0 Å². The normalized spacial score (nSPS) is 28.4. The zero-order chi connectivity index (χ0) is 31.4. The molecule has 2 bridgehead atoms. The van der Waals surface area contributed by atoms with E-state index in [1.54, 1.807) is 46.8 Å². The second-order valence-corrected chi connectivity index (χ2v) is 12.6. The maximum absolute atomic E-state index is 13.8. The van der Waals surface area contributed by atoms with E-state index in [0.717, 1.165) is 21.2 Å². The molecule has 5 aliphatic rings. The first-order chi connectivity index (χ1) is 20.8. The highest BCUT2D eigenvalue weighted by atomic mass is 16.8. The molecule has 0 saturated carbocycles. The molecule has 13 nitrogen and oxygen atoms in total. The van der Waals surface area contributed by atoms with E-state index in [1.807, 2.05) is 48.5 Å². The highest BCUT2D eigenvalue weighted by molar-refractivity contribution is 5.95. The SMILES string of the molecule is CC(C)(C)OC(=O)N1[C@@H]2ON(C(=O)OCc3ccccc3)[C@@H]([C@@H]3OC(C)(C)O[C@H]32)[C@@H]2[C@H](NC(=O)Cc3ccccc3)C(=O)N21. The molecule has 0 aliphatic carbocycles. The summed E-state index contributed by atoms with van der Waals surface area (Å²) in [6, 6.07) is 15.1. The lowest BCUT2D eigenvalue weighted by Crippen LogP contribution is -2.79. The van der Waals surface area contributed by atoms with E-state index in [9.17, 15) is 19.2 Å². The lowest BCUT2D eigenvalue weighted by Gasteiger charge is -2.51. The van der Waals surface area contributed by atoms with Gasteiger partial charge in [0.15, 0.2) is 5.79 Å². The van der Waals surface area contributed by atoms with Gasteiger partial charge in [-0.2, -0.15) is 10.1 Å². The van der Waals surface area contributed by atoms with Crippen molar-refractivity contribution >= 4 is 24.0 Å². The summed E-state index contributed by atoms with van der Waals surface area (Å²) in [5.41, 5.74) is 0.588. The van der Waals surface area contributed by atoms with Gasteiger partial charge in [0.2, 0.25) is 12.1 Å². The van der Waals surface area contributed by atoms with E-state index in [2.05, 4.69) is 5.32 Å². The molecule has 5 aliphatic heterocycles. The lowest BCUT2D eigenvalue weighted by molar-refractivity contribution is -0.290. The highest BCUT2D eigenvalue weighted by Crippen LogP contribution is 2.48. The fourth-order valence-corrected chi connectivity index (χ4v) is 6.01. The number of carbonyl (C=O) groups is 4. The Morgan fingerprint density at radius 2 is 1.50 bits per heavy atom. The van der Waals surface area contributed by atoms with Crippen LogP contribution in [0.5, 0.6) is 0 Å². The first kappa shape index (κ1) is 29.9. The molecule has 0 radical (unpaired) electrons. The molecule has 7 rings (SSSR count). The second kappa shape index (κ2) is 11.1. The monoisotopic (exact) mass is 608 g/mol. The predicted octanol–water partition coefficient (Wildman–Crippen LogP) is 2.89. The van der Waals surface area contributed by atoms with Gasteiger partial charge in [-0.05, 0) is 45.7 Å². The van der Waals surface area contributed by atoms with Crippen LogP contribution < -0.4 is 5.32 Å². The number of β-lactam (4-membered cyclic amide) rings is 1. The molecule has 0 aromatic heterocycles. The summed E-state index contributed by atoms with van der Waals surface area (Å²) in [4.78, 5) is 60.4.